The Labute approximate surface area is 127 Å². The number of carbonyl (C=O) groups is 1. The fourth-order valence-corrected chi connectivity index (χ4v) is 2.24. The Bertz CT molecular complexity index is 826. The molecule has 3 aromatic rings. The molecule has 2 aromatic carbocycles. The summed E-state index contributed by atoms with van der Waals surface area (Å²) in [5.74, 6) is 0.194. The summed E-state index contributed by atoms with van der Waals surface area (Å²) in [7, 11) is 0. The SMILES string of the molecule is Cc1ccc2oc(C(=O)C=Cc3ccc(Cl)cc3)cc2c1. The van der Waals surface area contributed by atoms with Crippen molar-refractivity contribution in [2.75, 3.05) is 0 Å². The van der Waals surface area contributed by atoms with Crippen molar-refractivity contribution in [1.29, 1.82) is 0 Å². The molecule has 0 spiro atoms. The van der Waals surface area contributed by atoms with Crippen molar-refractivity contribution >= 4 is 34.4 Å². The molecule has 0 fully saturated rings. The molecule has 0 saturated carbocycles. The molecule has 0 atom stereocenters. The summed E-state index contributed by atoms with van der Waals surface area (Å²) in [5.41, 5.74) is 2.78. The van der Waals surface area contributed by atoms with Crippen LogP contribution < -0.4 is 0 Å². The van der Waals surface area contributed by atoms with Crippen LogP contribution in [0, 0.1) is 6.92 Å². The summed E-state index contributed by atoms with van der Waals surface area (Å²) in [4.78, 5) is 12.1. The Balaban J connectivity index is 1.84. The zero-order valence-electron chi connectivity index (χ0n) is 11.5. The van der Waals surface area contributed by atoms with E-state index in [0.29, 0.717) is 10.8 Å². The Hall–Kier alpha value is -2.32. The zero-order chi connectivity index (χ0) is 14.8. The number of furan rings is 1. The number of hydrogen-bond acceptors (Lipinski definition) is 2. The predicted molar refractivity (Wildman–Crippen MR) is 85.8 cm³/mol. The van der Waals surface area contributed by atoms with Gasteiger partial charge >= 0.3 is 0 Å². The maximum absolute atomic E-state index is 12.1. The van der Waals surface area contributed by atoms with Gasteiger partial charge in [0.25, 0.3) is 0 Å². The van der Waals surface area contributed by atoms with Gasteiger partial charge in [-0.05, 0) is 48.9 Å². The lowest BCUT2D eigenvalue weighted by Crippen LogP contribution is -1.90. The summed E-state index contributed by atoms with van der Waals surface area (Å²) >= 11 is 5.82. The van der Waals surface area contributed by atoms with Crippen LogP contribution in [0.25, 0.3) is 17.0 Å². The molecule has 0 unspecified atom stereocenters. The minimum Gasteiger partial charge on any atom is -0.453 e. The normalized spacial score (nSPS) is 11.3. The third-order valence-corrected chi connectivity index (χ3v) is 3.46. The molecule has 0 N–H and O–H groups in total. The first-order valence-electron chi connectivity index (χ1n) is 6.60. The Kier molecular flexibility index (Phi) is 3.63. The summed E-state index contributed by atoms with van der Waals surface area (Å²) in [6.45, 7) is 2.01. The van der Waals surface area contributed by atoms with Gasteiger partial charge in [0.15, 0.2) is 5.76 Å². The molecule has 0 aliphatic heterocycles. The largest absolute Gasteiger partial charge is 0.453 e. The van der Waals surface area contributed by atoms with Crippen LogP contribution in [0.2, 0.25) is 5.02 Å². The minimum atomic E-state index is -0.154. The van der Waals surface area contributed by atoms with Crippen molar-refractivity contribution in [2.45, 2.75) is 6.92 Å². The molecule has 1 aromatic heterocycles. The second kappa shape index (κ2) is 5.58. The number of aryl methyl sites for hydroxylation is 1. The summed E-state index contributed by atoms with van der Waals surface area (Å²) < 4.78 is 5.57. The van der Waals surface area contributed by atoms with Crippen LogP contribution in [0.4, 0.5) is 0 Å². The van der Waals surface area contributed by atoms with Gasteiger partial charge in [0.1, 0.15) is 5.58 Å². The lowest BCUT2D eigenvalue weighted by atomic mass is 10.1. The van der Waals surface area contributed by atoms with Crippen molar-refractivity contribution in [3.05, 3.63) is 76.5 Å². The summed E-state index contributed by atoms with van der Waals surface area (Å²) in [6, 6.07) is 14.9. The topological polar surface area (TPSA) is 30.2 Å². The maximum atomic E-state index is 12.1. The van der Waals surface area contributed by atoms with E-state index in [0.717, 1.165) is 22.1 Å². The quantitative estimate of drug-likeness (QED) is 0.485. The van der Waals surface area contributed by atoms with Crippen LogP contribution in [-0.4, -0.2) is 5.78 Å². The highest BCUT2D eigenvalue weighted by atomic mass is 35.5. The third kappa shape index (κ3) is 3.06. The lowest BCUT2D eigenvalue weighted by molar-refractivity contribution is 0.102. The Morgan fingerprint density at radius 2 is 1.86 bits per heavy atom. The highest BCUT2D eigenvalue weighted by Crippen LogP contribution is 2.21. The van der Waals surface area contributed by atoms with Crippen LogP contribution in [0.1, 0.15) is 21.7 Å². The molecular formula is C18H13ClO2. The number of hydrogen-bond donors (Lipinski definition) is 0. The predicted octanol–water partition coefficient (Wildman–Crippen LogP) is 5.29. The molecule has 0 amide bonds. The Morgan fingerprint density at radius 3 is 2.62 bits per heavy atom. The van der Waals surface area contributed by atoms with Crippen molar-refractivity contribution in [1.82, 2.24) is 0 Å². The van der Waals surface area contributed by atoms with Gasteiger partial charge in [0, 0.05) is 10.4 Å². The number of ketones is 1. The van der Waals surface area contributed by atoms with E-state index in [2.05, 4.69) is 0 Å². The average Bonchev–Trinajstić information content (AvgIpc) is 2.89. The van der Waals surface area contributed by atoms with Crippen molar-refractivity contribution < 1.29 is 9.21 Å². The number of benzene rings is 2. The smallest absolute Gasteiger partial charge is 0.221 e. The molecular weight excluding hydrogens is 284 g/mol. The van der Waals surface area contributed by atoms with Crippen molar-refractivity contribution in [2.24, 2.45) is 0 Å². The number of allylic oxidation sites excluding steroid dienone is 1. The van der Waals surface area contributed by atoms with E-state index in [1.165, 1.54) is 6.08 Å². The second-order valence-electron chi connectivity index (χ2n) is 4.90. The van der Waals surface area contributed by atoms with Gasteiger partial charge in [0.05, 0.1) is 0 Å². The first-order valence-corrected chi connectivity index (χ1v) is 6.98. The van der Waals surface area contributed by atoms with Crippen LogP contribution in [0.3, 0.4) is 0 Å². The van der Waals surface area contributed by atoms with Crippen LogP contribution in [0.15, 0.2) is 59.0 Å². The van der Waals surface area contributed by atoms with E-state index < -0.39 is 0 Å². The number of rotatable bonds is 3. The number of halogens is 1. The van der Waals surface area contributed by atoms with Crippen LogP contribution in [-0.2, 0) is 0 Å². The highest BCUT2D eigenvalue weighted by molar-refractivity contribution is 6.30. The van der Waals surface area contributed by atoms with Gasteiger partial charge in [-0.15, -0.1) is 0 Å². The van der Waals surface area contributed by atoms with E-state index >= 15 is 0 Å². The Morgan fingerprint density at radius 1 is 1.10 bits per heavy atom. The van der Waals surface area contributed by atoms with E-state index in [4.69, 9.17) is 16.0 Å². The van der Waals surface area contributed by atoms with Crippen LogP contribution >= 0.6 is 11.6 Å². The molecule has 3 heteroatoms. The molecule has 1 heterocycles. The van der Waals surface area contributed by atoms with Crippen LogP contribution in [0.5, 0.6) is 0 Å². The molecule has 21 heavy (non-hydrogen) atoms. The molecule has 0 aliphatic rings. The molecule has 2 nitrogen and oxygen atoms in total. The lowest BCUT2D eigenvalue weighted by Gasteiger charge is -1.93. The van der Waals surface area contributed by atoms with E-state index in [1.54, 1.807) is 24.3 Å². The van der Waals surface area contributed by atoms with Gasteiger partial charge in [0.2, 0.25) is 5.78 Å². The molecule has 0 saturated heterocycles. The summed E-state index contributed by atoms with van der Waals surface area (Å²) in [5, 5.41) is 1.62. The highest BCUT2D eigenvalue weighted by Gasteiger charge is 2.09. The second-order valence-corrected chi connectivity index (χ2v) is 5.34. The molecule has 0 bridgehead atoms. The average molecular weight is 297 g/mol. The maximum Gasteiger partial charge on any atom is 0.221 e. The minimum absolute atomic E-state index is 0.154. The molecule has 0 radical (unpaired) electrons. The van der Waals surface area contributed by atoms with Gasteiger partial charge in [-0.3, -0.25) is 4.79 Å². The fraction of sp³-hybridized carbons (Fsp3) is 0.0556. The van der Waals surface area contributed by atoms with Crippen molar-refractivity contribution in [3.63, 3.8) is 0 Å². The van der Waals surface area contributed by atoms with E-state index in [1.807, 2.05) is 37.3 Å². The van der Waals surface area contributed by atoms with Gasteiger partial charge < -0.3 is 4.42 Å². The van der Waals surface area contributed by atoms with E-state index in [9.17, 15) is 4.79 Å². The molecule has 104 valence electrons. The molecule has 0 aliphatic carbocycles. The van der Waals surface area contributed by atoms with Gasteiger partial charge in [-0.25, -0.2) is 0 Å². The monoisotopic (exact) mass is 296 g/mol. The molecule has 3 rings (SSSR count). The van der Waals surface area contributed by atoms with Crippen molar-refractivity contribution in [3.8, 4) is 0 Å². The number of fused-ring (bicyclic) bond motifs is 1. The zero-order valence-corrected chi connectivity index (χ0v) is 12.2. The van der Waals surface area contributed by atoms with Gasteiger partial charge in [-0.2, -0.15) is 0 Å². The first kappa shape index (κ1) is 13.7. The fourth-order valence-electron chi connectivity index (χ4n) is 2.11. The first-order chi connectivity index (χ1) is 10.1. The number of carbonyl (C=O) groups excluding carboxylic acids is 1. The summed E-state index contributed by atoms with van der Waals surface area (Å²) in [6.07, 6.45) is 3.25. The van der Waals surface area contributed by atoms with Gasteiger partial charge in [-0.1, -0.05) is 41.4 Å². The third-order valence-electron chi connectivity index (χ3n) is 3.21. The standard InChI is InChI=1S/C18H13ClO2/c1-12-2-9-17-14(10-12)11-18(21-17)16(20)8-5-13-3-6-15(19)7-4-13/h2-11H,1H3. The van der Waals surface area contributed by atoms with E-state index in [-0.39, 0.29) is 5.78 Å².